The molecule has 0 radical (unpaired) electrons. The van der Waals surface area contributed by atoms with Gasteiger partial charge in [-0.1, -0.05) is 30.3 Å². The van der Waals surface area contributed by atoms with Crippen LogP contribution in [-0.2, 0) is 18.4 Å². The number of hydrogen-bond acceptors (Lipinski definition) is 4. The van der Waals surface area contributed by atoms with E-state index < -0.39 is 12.1 Å². The highest BCUT2D eigenvalue weighted by atomic mass is 16.5. The molecule has 2 rings (SSSR count). The lowest BCUT2D eigenvalue weighted by Gasteiger charge is -2.05. The number of ether oxygens (including phenoxy) is 1. The zero-order valence-corrected chi connectivity index (χ0v) is 11.7. The maximum Gasteiger partial charge on any atom is 0.413 e. The van der Waals surface area contributed by atoms with Crippen molar-refractivity contribution in [3.8, 4) is 0 Å². The number of hydrogen-bond donors (Lipinski definition) is 2. The van der Waals surface area contributed by atoms with Crippen LogP contribution in [0.5, 0.6) is 0 Å². The van der Waals surface area contributed by atoms with Gasteiger partial charge in [-0.05, 0) is 12.5 Å². The standard InChI is InChI=1S/C14H15N3O4/c1-9-11(13(18)19)12(16-17(9)2)15-14(20)21-8-10-6-4-3-5-7-10/h3-7H,8H2,1-2H3,(H,18,19)(H,15,16,20). The summed E-state index contributed by atoms with van der Waals surface area (Å²) in [5, 5.41) is 15.4. The summed E-state index contributed by atoms with van der Waals surface area (Å²) < 4.78 is 6.41. The number of aromatic nitrogens is 2. The Labute approximate surface area is 121 Å². The number of carbonyl (C=O) groups is 2. The number of amides is 1. The Morgan fingerprint density at radius 3 is 2.62 bits per heavy atom. The number of nitrogens with zero attached hydrogens (tertiary/aromatic N) is 2. The fraction of sp³-hybridized carbons (Fsp3) is 0.214. The zero-order chi connectivity index (χ0) is 15.4. The largest absolute Gasteiger partial charge is 0.477 e. The smallest absolute Gasteiger partial charge is 0.413 e. The molecule has 0 saturated carbocycles. The number of carboxylic acids is 1. The summed E-state index contributed by atoms with van der Waals surface area (Å²) in [5.74, 6) is -1.18. The molecule has 2 aromatic rings. The highest BCUT2D eigenvalue weighted by Gasteiger charge is 2.21. The first-order valence-corrected chi connectivity index (χ1v) is 6.23. The average Bonchev–Trinajstić information content (AvgIpc) is 2.72. The molecule has 7 nitrogen and oxygen atoms in total. The summed E-state index contributed by atoms with van der Waals surface area (Å²) in [4.78, 5) is 22.9. The van der Waals surface area contributed by atoms with Gasteiger partial charge in [0.2, 0.25) is 0 Å². The van der Waals surface area contributed by atoms with Crippen molar-refractivity contribution in [3.63, 3.8) is 0 Å². The summed E-state index contributed by atoms with van der Waals surface area (Å²) in [5.41, 5.74) is 1.23. The van der Waals surface area contributed by atoms with Crippen molar-refractivity contribution in [2.45, 2.75) is 13.5 Å². The minimum Gasteiger partial charge on any atom is -0.477 e. The van der Waals surface area contributed by atoms with Crippen LogP contribution in [-0.4, -0.2) is 26.9 Å². The number of carboxylic acid groups (broad SMARTS) is 1. The predicted molar refractivity (Wildman–Crippen MR) is 75.2 cm³/mol. The van der Waals surface area contributed by atoms with Crippen molar-refractivity contribution < 1.29 is 19.4 Å². The number of aromatic carboxylic acids is 1. The Kier molecular flexibility index (Phi) is 4.22. The van der Waals surface area contributed by atoms with E-state index in [0.717, 1.165) is 5.56 Å². The molecule has 1 aromatic heterocycles. The van der Waals surface area contributed by atoms with Crippen molar-refractivity contribution in [1.29, 1.82) is 0 Å². The van der Waals surface area contributed by atoms with Crippen LogP contribution in [0.3, 0.4) is 0 Å². The van der Waals surface area contributed by atoms with Crippen molar-refractivity contribution in [1.82, 2.24) is 9.78 Å². The Morgan fingerprint density at radius 2 is 2.00 bits per heavy atom. The van der Waals surface area contributed by atoms with Crippen LogP contribution in [0.25, 0.3) is 0 Å². The summed E-state index contributed by atoms with van der Waals surface area (Å²) in [6.07, 6.45) is -0.751. The maximum atomic E-state index is 11.7. The van der Waals surface area contributed by atoms with E-state index in [4.69, 9.17) is 9.84 Å². The van der Waals surface area contributed by atoms with E-state index in [1.807, 2.05) is 30.3 Å². The molecule has 0 unspecified atom stereocenters. The number of benzene rings is 1. The van der Waals surface area contributed by atoms with Crippen molar-refractivity contribution >= 4 is 17.9 Å². The van der Waals surface area contributed by atoms with Crippen LogP contribution in [0.15, 0.2) is 30.3 Å². The third kappa shape index (κ3) is 3.38. The summed E-state index contributed by atoms with van der Waals surface area (Å²) in [6.45, 7) is 1.71. The maximum absolute atomic E-state index is 11.7. The number of aryl methyl sites for hydroxylation is 1. The molecule has 21 heavy (non-hydrogen) atoms. The van der Waals surface area contributed by atoms with Gasteiger partial charge in [0.15, 0.2) is 5.82 Å². The molecule has 7 heteroatoms. The van der Waals surface area contributed by atoms with E-state index in [-0.39, 0.29) is 18.0 Å². The lowest BCUT2D eigenvalue weighted by Crippen LogP contribution is -2.16. The Morgan fingerprint density at radius 1 is 1.33 bits per heavy atom. The van der Waals surface area contributed by atoms with Gasteiger partial charge in [0.1, 0.15) is 12.2 Å². The Hall–Kier alpha value is -2.83. The fourth-order valence-corrected chi connectivity index (χ4v) is 1.81. The van der Waals surface area contributed by atoms with Gasteiger partial charge in [-0.2, -0.15) is 5.10 Å². The molecular weight excluding hydrogens is 274 g/mol. The number of rotatable bonds is 4. The molecule has 0 aliphatic carbocycles. The third-order valence-electron chi connectivity index (χ3n) is 2.98. The monoisotopic (exact) mass is 289 g/mol. The second kappa shape index (κ2) is 6.08. The van der Waals surface area contributed by atoms with Gasteiger partial charge < -0.3 is 9.84 Å². The minimum absolute atomic E-state index is 0.0273. The molecule has 0 bridgehead atoms. The lowest BCUT2D eigenvalue weighted by atomic mass is 10.2. The second-order valence-electron chi connectivity index (χ2n) is 4.42. The summed E-state index contributed by atoms with van der Waals surface area (Å²) >= 11 is 0. The van der Waals surface area contributed by atoms with Crippen LogP contribution in [0.2, 0.25) is 0 Å². The molecule has 0 aliphatic rings. The number of nitrogens with one attached hydrogen (secondary N) is 1. The molecule has 0 fully saturated rings. The first-order chi connectivity index (χ1) is 9.99. The molecule has 110 valence electrons. The van der Waals surface area contributed by atoms with Gasteiger partial charge >= 0.3 is 12.1 Å². The second-order valence-corrected chi connectivity index (χ2v) is 4.42. The first kappa shape index (κ1) is 14.6. The molecule has 1 aromatic carbocycles. The molecule has 1 heterocycles. The van der Waals surface area contributed by atoms with E-state index in [1.165, 1.54) is 4.68 Å². The highest BCUT2D eigenvalue weighted by Crippen LogP contribution is 2.18. The molecule has 0 spiro atoms. The SMILES string of the molecule is Cc1c(C(=O)O)c(NC(=O)OCc2ccccc2)nn1C. The summed E-state index contributed by atoms with van der Waals surface area (Å²) in [6, 6.07) is 9.17. The predicted octanol–water partition coefficient (Wildman–Crippen LogP) is 2.18. The average molecular weight is 289 g/mol. The van der Waals surface area contributed by atoms with Gasteiger partial charge in [-0.3, -0.25) is 10.00 Å². The van der Waals surface area contributed by atoms with Gasteiger partial charge in [-0.25, -0.2) is 9.59 Å². The Balaban J connectivity index is 2.03. The lowest BCUT2D eigenvalue weighted by molar-refractivity contribution is 0.0697. The van der Waals surface area contributed by atoms with Crippen molar-refractivity contribution in [2.24, 2.45) is 7.05 Å². The molecular formula is C14H15N3O4. The Bertz CT molecular complexity index is 664. The van der Waals surface area contributed by atoms with Gasteiger partial charge in [-0.15, -0.1) is 0 Å². The number of carbonyl (C=O) groups excluding carboxylic acids is 1. The third-order valence-corrected chi connectivity index (χ3v) is 2.98. The molecule has 0 aliphatic heterocycles. The van der Waals surface area contributed by atoms with Crippen molar-refractivity contribution in [2.75, 3.05) is 5.32 Å². The van der Waals surface area contributed by atoms with Gasteiger partial charge in [0.25, 0.3) is 0 Å². The van der Waals surface area contributed by atoms with Crippen LogP contribution in [0.1, 0.15) is 21.6 Å². The topological polar surface area (TPSA) is 93.5 Å². The first-order valence-electron chi connectivity index (χ1n) is 6.23. The van der Waals surface area contributed by atoms with Crippen LogP contribution >= 0.6 is 0 Å². The van der Waals surface area contributed by atoms with Crippen LogP contribution < -0.4 is 5.32 Å². The van der Waals surface area contributed by atoms with E-state index in [1.54, 1.807) is 14.0 Å². The molecule has 2 N–H and O–H groups in total. The molecule has 0 saturated heterocycles. The highest BCUT2D eigenvalue weighted by molar-refractivity contribution is 5.98. The normalized spacial score (nSPS) is 10.2. The van der Waals surface area contributed by atoms with Crippen LogP contribution in [0.4, 0.5) is 10.6 Å². The quantitative estimate of drug-likeness (QED) is 0.899. The van der Waals surface area contributed by atoms with Crippen LogP contribution in [0, 0.1) is 6.92 Å². The number of anilines is 1. The van der Waals surface area contributed by atoms with Gasteiger partial charge in [0.05, 0.1) is 5.69 Å². The fourth-order valence-electron chi connectivity index (χ4n) is 1.81. The molecule has 0 atom stereocenters. The van der Waals surface area contributed by atoms with E-state index in [0.29, 0.717) is 5.69 Å². The van der Waals surface area contributed by atoms with E-state index in [9.17, 15) is 9.59 Å². The minimum atomic E-state index is -1.15. The zero-order valence-electron chi connectivity index (χ0n) is 11.7. The van der Waals surface area contributed by atoms with E-state index in [2.05, 4.69) is 10.4 Å². The van der Waals surface area contributed by atoms with E-state index >= 15 is 0 Å². The van der Waals surface area contributed by atoms with Gasteiger partial charge in [0, 0.05) is 7.05 Å². The molecule has 1 amide bonds. The summed E-state index contributed by atoms with van der Waals surface area (Å²) in [7, 11) is 1.60. The van der Waals surface area contributed by atoms with Crippen molar-refractivity contribution in [3.05, 3.63) is 47.2 Å².